The van der Waals surface area contributed by atoms with E-state index in [2.05, 4.69) is 16.0 Å². The summed E-state index contributed by atoms with van der Waals surface area (Å²) in [4.78, 5) is 18.0. The normalized spacial score (nSPS) is 17.8. The molecule has 0 saturated carbocycles. The van der Waals surface area contributed by atoms with Gasteiger partial charge in [0.15, 0.2) is 5.78 Å². The van der Waals surface area contributed by atoms with Crippen LogP contribution in [0.4, 0.5) is 5.82 Å². The molecule has 1 fully saturated rings. The van der Waals surface area contributed by atoms with Gasteiger partial charge in [-0.25, -0.2) is 0 Å². The first kappa shape index (κ1) is 12.0. The Labute approximate surface area is 117 Å². The number of nitrogens with two attached hydrogens (primary N) is 1. The highest BCUT2D eigenvalue weighted by Gasteiger charge is 2.33. The largest absolute Gasteiger partial charge is 0.358 e. The van der Waals surface area contributed by atoms with E-state index in [-0.39, 0.29) is 5.78 Å². The zero-order valence-electron chi connectivity index (χ0n) is 11.5. The van der Waals surface area contributed by atoms with Gasteiger partial charge in [0.25, 0.3) is 0 Å². The van der Waals surface area contributed by atoms with E-state index in [1.807, 2.05) is 12.1 Å². The Morgan fingerprint density at radius 1 is 1.35 bits per heavy atom. The fraction of sp³-hybridized carbons (Fsp3) is 0.438. The molecule has 20 heavy (non-hydrogen) atoms. The number of aromatic amines is 1. The van der Waals surface area contributed by atoms with E-state index >= 15 is 0 Å². The molecule has 4 heteroatoms. The number of fused-ring (bicyclic) bond motifs is 3. The van der Waals surface area contributed by atoms with Crippen molar-refractivity contribution in [2.24, 2.45) is 5.73 Å². The first-order valence-corrected chi connectivity index (χ1v) is 7.42. The molecule has 1 aromatic heterocycles. The number of piperidine rings is 1. The predicted molar refractivity (Wildman–Crippen MR) is 80.5 cm³/mol. The second-order valence-corrected chi connectivity index (χ2v) is 5.87. The Morgan fingerprint density at radius 3 is 2.90 bits per heavy atom. The van der Waals surface area contributed by atoms with E-state index in [1.165, 1.54) is 29.6 Å². The number of hydrogen-bond donors (Lipinski definition) is 2. The molecule has 1 aromatic carbocycles. The van der Waals surface area contributed by atoms with Crippen molar-refractivity contribution in [3.8, 4) is 0 Å². The highest BCUT2D eigenvalue weighted by atomic mass is 16.1. The van der Waals surface area contributed by atoms with Gasteiger partial charge in [-0.3, -0.25) is 4.79 Å². The van der Waals surface area contributed by atoms with Gasteiger partial charge >= 0.3 is 0 Å². The fourth-order valence-corrected chi connectivity index (χ4v) is 3.70. The molecule has 104 valence electrons. The monoisotopic (exact) mass is 269 g/mol. The zero-order chi connectivity index (χ0) is 13.7. The minimum absolute atomic E-state index is 0.144. The molecule has 4 heterocycles. The van der Waals surface area contributed by atoms with E-state index < -0.39 is 0 Å². The van der Waals surface area contributed by atoms with Crippen LogP contribution >= 0.6 is 0 Å². The van der Waals surface area contributed by atoms with Gasteiger partial charge in [0.05, 0.1) is 0 Å². The van der Waals surface area contributed by atoms with Crippen molar-refractivity contribution in [1.29, 1.82) is 0 Å². The van der Waals surface area contributed by atoms with Gasteiger partial charge in [-0.2, -0.15) is 0 Å². The van der Waals surface area contributed by atoms with Crippen LogP contribution in [0.5, 0.6) is 0 Å². The summed E-state index contributed by atoms with van der Waals surface area (Å²) in [5.74, 6) is 2.08. The van der Waals surface area contributed by atoms with Crippen LogP contribution in [-0.2, 0) is 0 Å². The first-order chi connectivity index (χ1) is 9.78. The molecule has 0 unspecified atom stereocenters. The lowest BCUT2D eigenvalue weighted by atomic mass is 9.84. The quantitative estimate of drug-likeness (QED) is 0.841. The van der Waals surface area contributed by atoms with Crippen molar-refractivity contribution in [3.63, 3.8) is 0 Å². The van der Waals surface area contributed by atoms with Gasteiger partial charge in [-0.1, -0.05) is 0 Å². The molecule has 3 aliphatic rings. The highest BCUT2D eigenvalue weighted by molar-refractivity contribution is 6.01. The predicted octanol–water partition coefficient (Wildman–Crippen LogP) is 2.40. The molecule has 2 aromatic rings. The second kappa shape index (κ2) is 4.35. The van der Waals surface area contributed by atoms with Crippen LogP contribution < -0.4 is 10.6 Å². The average Bonchev–Trinajstić information content (AvgIpc) is 2.89. The topological polar surface area (TPSA) is 62.1 Å². The lowest BCUT2D eigenvalue weighted by Crippen LogP contribution is -2.38. The maximum Gasteiger partial charge on any atom is 0.164 e. The minimum Gasteiger partial charge on any atom is -0.358 e. The number of nitrogens with one attached hydrogen (secondary N) is 1. The number of H-pyrrole nitrogens is 1. The van der Waals surface area contributed by atoms with Crippen molar-refractivity contribution >= 4 is 22.5 Å². The lowest BCUT2D eigenvalue weighted by Gasteiger charge is -2.40. The Hall–Kier alpha value is -1.81. The van der Waals surface area contributed by atoms with Gasteiger partial charge < -0.3 is 15.6 Å². The summed E-state index contributed by atoms with van der Waals surface area (Å²) in [7, 11) is 0. The molecule has 3 aliphatic heterocycles. The first-order valence-electron chi connectivity index (χ1n) is 7.42. The van der Waals surface area contributed by atoms with E-state index in [1.54, 1.807) is 0 Å². The van der Waals surface area contributed by atoms with Gasteiger partial charge in [0.2, 0.25) is 0 Å². The number of anilines is 1. The zero-order valence-corrected chi connectivity index (χ0v) is 11.5. The fourth-order valence-electron chi connectivity index (χ4n) is 3.70. The lowest BCUT2D eigenvalue weighted by molar-refractivity contribution is 0.0985. The van der Waals surface area contributed by atoms with Crippen LogP contribution in [0.3, 0.4) is 0 Å². The summed E-state index contributed by atoms with van der Waals surface area (Å²) in [5.41, 5.74) is 8.86. The summed E-state index contributed by atoms with van der Waals surface area (Å²) < 4.78 is 0. The smallest absolute Gasteiger partial charge is 0.164 e. The number of ketones is 1. The molecule has 0 atom stereocenters. The number of aromatic nitrogens is 1. The van der Waals surface area contributed by atoms with Crippen LogP contribution in [0.15, 0.2) is 18.2 Å². The average molecular weight is 269 g/mol. The molecular formula is C16H19N3O. The molecule has 2 bridgehead atoms. The Kier molecular flexibility index (Phi) is 2.60. The highest BCUT2D eigenvalue weighted by Crippen LogP contribution is 2.45. The molecule has 0 radical (unpaired) electrons. The maximum atomic E-state index is 12.0. The SMILES string of the molecule is NCCC(=O)c1ccc2[nH]c3c(c2c1)C1CCN3CC1. The number of benzene rings is 1. The van der Waals surface area contributed by atoms with Crippen molar-refractivity contribution in [3.05, 3.63) is 29.3 Å². The third-order valence-electron chi connectivity index (χ3n) is 4.73. The Morgan fingerprint density at radius 2 is 2.15 bits per heavy atom. The van der Waals surface area contributed by atoms with Gasteiger partial charge in [-0.15, -0.1) is 0 Å². The van der Waals surface area contributed by atoms with Crippen LogP contribution in [0.25, 0.3) is 10.9 Å². The summed E-state index contributed by atoms with van der Waals surface area (Å²) in [6.45, 7) is 2.73. The number of hydrogen-bond acceptors (Lipinski definition) is 3. The maximum absolute atomic E-state index is 12.0. The molecule has 0 aliphatic carbocycles. The molecule has 4 nitrogen and oxygen atoms in total. The molecule has 5 rings (SSSR count). The van der Waals surface area contributed by atoms with Crippen molar-refractivity contribution in [2.75, 3.05) is 24.5 Å². The number of nitrogens with zero attached hydrogens (tertiary/aromatic N) is 1. The summed E-state index contributed by atoms with van der Waals surface area (Å²) in [6, 6.07) is 6.02. The molecular weight excluding hydrogens is 250 g/mol. The number of rotatable bonds is 3. The second-order valence-electron chi connectivity index (χ2n) is 5.87. The number of carbonyl (C=O) groups excluding carboxylic acids is 1. The molecule has 0 amide bonds. The third-order valence-corrected chi connectivity index (χ3v) is 4.73. The third kappa shape index (κ3) is 1.61. The van der Waals surface area contributed by atoms with Crippen LogP contribution in [-0.4, -0.2) is 30.4 Å². The number of carbonyl (C=O) groups is 1. The Balaban J connectivity index is 1.86. The summed E-state index contributed by atoms with van der Waals surface area (Å²) in [5, 5.41) is 1.23. The van der Waals surface area contributed by atoms with Crippen LogP contribution in [0.1, 0.15) is 41.1 Å². The molecule has 3 N–H and O–H groups in total. The Bertz CT molecular complexity index is 680. The molecule has 0 spiro atoms. The van der Waals surface area contributed by atoms with Gasteiger partial charge in [-0.05, 0) is 43.5 Å². The van der Waals surface area contributed by atoms with E-state index in [0.29, 0.717) is 18.9 Å². The standard InChI is InChI=1S/C16H19N3O/c17-6-3-14(20)11-1-2-13-12(9-11)15-10-4-7-19(8-5-10)16(15)18-13/h1-2,9-10,18H,3-8,17H2. The summed E-state index contributed by atoms with van der Waals surface area (Å²) in [6.07, 6.45) is 2.90. The summed E-state index contributed by atoms with van der Waals surface area (Å²) >= 11 is 0. The molecule has 1 saturated heterocycles. The van der Waals surface area contributed by atoms with Gasteiger partial charge in [0.1, 0.15) is 5.82 Å². The van der Waals surface area contributed by atoms with E-state index in [9.17, 15) is 4.79 Å². The van der Waals surface area contributed by atoms with Gasteiger partial charge in [0, 0.05) is 41.5 Å². The van der Waals surface area contributed by atoms with Crippen molar-refractivity contribution in [2.45, 2.75) is 25.2 Å². The van der Waals surface area contributed by atoms with Crippen molar-refractivity contribution < 1.29 is 4.79 Å². The minimum atomic E-state index is 0.144. The van der Waals surface area contributed by atoms with E-state index in [0.717, 1.165) is 24.2 Å². The van der Waals surface area contributed by atoms with Crippen LogP contribution in [0, 0.1) is 0 Å². The van der Waals surface area contributed by atoms with Crippen LogP contribution in [0.2, 0.25) is 0 Å². The van der Waals surface area contributed by atoms with E-state index in [4.69, 9.17) is 5.73 Å². The number of Topliss-reactive ketones (excluding diaryl/α,β-unsaturated/α-hetero) is 1. The van der Waals surface area contributed by atoms with Crippen molar-refractivity contribution in [1.82, 2.24) is 4.98 Å².